The van der Waals surface area contributed by atoms with E-state index in [1.165, 1.54) is 14.0 Å². The SMILES string of the molecule is COC(C)=O.c1ccncc1. The molecular formula is C8H11NO2. The summed E-state index contributed by atoms with van der Waals surface area (Å²) < 4.78 is 4.11. The van der Waals surface area contributed by atoms with Crippen molar-refractivity contribution in [1.82, 2.24) is 4.98 Å². The van der Waals surface area contributed by atoms with Crippen molar-refractivity contribution in [2.75, 3.05) is 7.11 Å². The van der Waals surface area contributed by atoms with Crippen LogP contribution in [0.4, 0.5) is 0 Å². The van der Waals surface area contributed by atoms with Crippen molar-refractivity contribution in [3.63, 3.8) is 0 Å². The van der Waals surface area contributed by atoms with Crippen LogP contribution in [0.25, 0.3) is 0 Å². The molecule has 0 aliphatic rings. The molecule has 11 heavy (non-hydrogen) atoms. The molecule has 0 spiro atoms. The average Bonchev–Trinajstić information content (AvgIpc) is 2.09. The molecule has 1 heterocycles. The van der Waals surface area contributed by atoms with Crippen molar-refractivity contribution < 1.29 is 9.53 Å². The van der Waals surface area contributed by atoms with E-state index in [1.807, 2.05) is 18.2 Å². The van der Waals surface area contributed by atoms with E-state index < -0.39 is 0 Å². The average molecular weight is 153 g/mol. The molecule has 1 rings (SSSR count). The van der Waals surface area contributed by atoms with Gasteiger partial charge in [0.2, 0.25) is 0 Å². The first-order valence-corrected chi connectivity index (χ1v) is 3.17. The Hall–Kier alpha value is -1.38. The lowest BCUT2D eigenvalue weighted by molar-refractivity contribution is -0.137. The first-order valence-electron chi connectivity index (χ1n) is 3.17. The number of ether oxygens (including phenoxy) is 1. The molecule has 0 aromatic carbocycles. The van der Waals surface area contributed by atoms with Crippen LogP contribution in [0.15, 0.2) is 30.6 Å². The molecule has 0 saturated carbocycles. The molecule has 0 amide bonds. The van der Waals surface area contributed by atoms with Crippen LogP contribution in [0.1, 0.15) is 6.92 Å². The van der Waals surface area contributed by atoms with Gasteiger partial charge in [-0.1, -0.05) is 6.07 Å². The van der Waals surface area contributed by atoms with Crippen molar-refractivity contribution in [1.29, 1.82) is 0 Å². The second-order valence-electron chi connectivity index (χ2n) is 1.72. The molecule has 1 aromatic heterocycles. The smallest absolute Gasteiger partial charge is 0.302 e. The molecule has 1 aromatic rings. The Balaban J connectivity index is 0.000000187. The number of pyridine rings is 1. The molecule has 0 radical (unpaired) electrons. The Morgan fingerprint density at radius 3 is 1.82 bits per heavy atom. The quantitative estimate of drug-likeness (QED) is 0.527. The van der Waals surface area contributed by atoms with Gasteiger partial charge in [-0.25, -0.2) is 0 Å². The third kappa shape index (κ3) is 8.62. The molecule has 0 N–H and O–H groups in total. The third-order valence-corrected chi connectivity index (χ3v) is 0.854. The van der Waals surface area contributed by atoms with Crippen LogP contribution in [0.3, 0.4) is 0 Å². The topological polar surface area (TPSA) is 39.2 Å². The Morgan fingerprint density at radius 2 is 1.73 bits per heavy atom. The van der Waals surface area contributed by atoms with Gasteiger partial charge in [-0.15, -0.1) is 0 Å². The molecular weight excluding hydrogens is 142 g/mol. The van der Waals surface area contributed by atoms with E-state index in [0.717, 1.165) is 0 Å². The highest BCUT2D eigenvalue weighted by Crippen LogP contribution is 1.73. The van der Waals surface area contributed by atoms with Gasteiger partial charge in [0.25, 0.3) is 0 Å². The Kier molecular flexibility index (Phi) is 5.89. The fourth-order valence-electron chi connectivity index (χ4n) is 0.313. The van der Waals surface area contributed by atoms with Gasteiger partial charge in [-0.05, 0) is 12.1 Å². The molecule has 3 nitrogen and oxygen atoms in total. The van der Waals surface area contributed by atoms with Crippen LogP contribution in [0.5, 0.6) is 0 Å². The minimum atomic E-state index is -0.245. The maximum absolute atomic E-state index is 9.59. The van der Waals surface area contributed by atoms with Gasteiger partial charge in [-0.2, -0.15) is 0 Å². The predicted octanol–water partition coefficient (Wildman–Crippen LogP) is 1.26. The van der Waals surface area contributed by atoms with Crippen molar-refractivity contribution in [2.45, 2.75) is 6.92 Å². The maximum atomic E-state index is 9.59. The Bertz CT molecular complexity index is 160. The zero-order valence-corrected chi connectivity index (χ0v) is 6.65. The van der Waals surface area contributed by atoms with Gasteiger partial charge in [0, 0.05) is 19.3 Å². The van der Waals surface area contributed by atoms with Gasteiger partial charge in [0.15, 0.2) is 0 Å². The lowest BCUT2D eigenvalue weighted by atomic mass is 10.5. The van der Waals surface area contributed by atoms with Gasteiger partial charge >= 0.3 is 5.97 Å². The van der Waals surface area contributed by atoms with Crippen LogP contribution >= 0.6 is 0 Å². The fraction of sp³-hybridized carbons (Fsp3) is 0.250. The lowest BCUT2D eigenvalue weighted by Gasteiger charge is -1.80. The number of methoxy groups -OCH3 is 1. The molecule has 3 heteroatoms. The monoisotopic (exact) mass is 153 g/mol. The zero-order valence-electron chi connectivity index (χ0n) is 6.65. The zero-order chi connectivity index (χ0) is 8.53. The van der Waals surface area contributed by atoms with Gasteiger partial charge in [0.1, 0.15) is 0 Å². The highest BCUT2D eigenvalue weighted by Gasteiger charge is 1.75. The van der Waals surface area contributed by atoms with E-state index in [2.05, 4.69) is 9.72 Å². The summed E-state index contributed by atoms with van der Waals surface area (Å²) in [4.78, 5) is 13.4. The van der Waals surface area contributed by atoms with E-state index in [1.54, 1.807) is 12.4 Å². The number of nitrogens with zero attached hydrogens (tertiary/aromatic N) is 1. The van der Waals surface area contributed by atoms with Crippen LogP contribution in [-0.2, 0) is 9.53 Å². The minimum Gasteiger partial charge on any atom is -0.469 e. The van der Waals surface area contributed by atoms with Crippen molar-refractivity contribution in [3.05, 3.63) is 30.6 Å². The standard InChI is InChI=1S/C5H5N.C3H6O2/c1-2-4-6-5-3-1;1-3(4)5-2/h1-5H;1-2H3. The van der Waals surface area contributed by atoms with Gasteiger partial charge < -0.3 is 4.74 Å². The lowest BCUT2D eigenvalue weighted by Crippen LogP contribution is -1.88. The molecule has 0 atom stereocenters. The largest absolute Gasteiger partial charge is 0.469 e. The van der Waals surface area contributed by atoms with E-state index in [0.29, 0.717) is 0 Å². The predicted molar refractivity (Wildman–Crippen MR) is 41.9 cm³/mol. The van der Waals surface area contributed by atoms with Crippen molar-refractivity contribution >= 4 is 5.97 Å². The molecule has 0 bridgehead atoms. The second-order valence-corrected chi connectivity index (χ2v) is 1.72. The Morgan fingerprint density at radius 1 is 1.27 bits per heavy atom. The fourth-order valence-corrected chi connectivity index (χ4v) is 0.313. The number of esters is 1. The second kappa shape index (κ2) is 6.74. The van der Waals surface area contributed by atoms with E-state index in [9.17, 15) is 4.79 Å². The molecule has 0 saturated heterocycles. The van der Waals surface area contributed by atoms with Crippen LogP contribution < -0.4 is 0 Å². The first-order chi connectivity index (χ1) is 5.27. The summed E-state index contributed by atoms with van der Waals surface area (Å²) >= 11 is 0. The summed E-state index contributed by atoms with van der Waals surface area (Å²) in [6, 6.07) is 5.72. The molecule has 60 valence electrons. The van der Waals surface area contributed by atoms with Gasteiger partial charge in [-0.3, -0.25) is 9.78 Å². The van der Waals surface area contributed by atoms with Gasteiger partial charge in [0.05, 0.1) is 7.11 Å². The number of carbonyl (C=O) groups is 1. The third-order valence-electron chi connectivity index (χ3n) is 0.854. The van der Waals surface area contributed by atoms with E-state index in [4.69, 9.17) is 0 Å². The maximum Gasteiger partial charge on any atom is 0.302 e. The number of hydrogen-bond donors (Lipinski definition) is 0. The van der Waals surface area contributed by atoms with Crippen molar-refractivity contribution in [3.8, 4) is 0 Å². The van der Waals surface area contributed by atoms with Crippen LogP contribution in [-0.4, -0.2) is 18.1 Å². The van der Waals surface area contributed by atoms with Crippen LogP contribution in [0, 0.1) is 0 Å². The number of carbonyl (C=O) groups excluding carboxylic acids is 1. The summed E-state index contributed by atoms with van der Waals surface area (Å²) in [5, 5.41) is 0. The summed E-state index contributed by atoms with van der Waals surface area (Å²) in [6.07, 6.45) is 3.50. The van der Waals surface area contributed by atoms with E-state index >= 15 is 0 Å². The first kappa shape index (κ1) is 9.62. The summed E-state index contributed by atoms with van der Waals surface area (Å²) in [7, 11) is 1.35. The molecule has 0 fully saturated rings. The van der Waals surface area contributed by atoms with Crippen LogP contribution in [0.2, 0.25) is 0 Å². The van der Waals surface area contributed by atoms with Crippen molar-refractivity contribution in [2.24, 2.45) is 0 Å². The summed E-state index contributed by atoms with van der Waals surface area (Å²) in [6.45, 7) is 1.36. The van der Waals surface area contributed by atoms with E-state index in [-0.39, 0.29) is 5.97 Å². The summed E-state index contributed by atoms with van der Waals surface area (Å²) in [5.74, 6) is -0.245. The number of aromatic nitrogens is 1. The number of rotatable bonds is 0. The Labute approximate surface area is 66.0 Å². The minimum absolute atomic E-state index is 0.245. The number of hydrogen-bond acceptors (Lipinski definition) is 3. The molecule has 0 unspecified atom stereocenters. The molecule has 0 aliphatic heterocycles. The molecule has 0 aliphatic carbocycles. The highest BCUT2D eigenvalue weighted by molar-refractivity contribution is 5.65. The normalized spacial score (nSPS) is 7.45. The summed E-state index contributed by atoms with van der Waals surface area (Å²) in [5.41, 5.74) is 0. The highest BCUT2D eigenvalue weighted by atomic mass is 16.5.